The predicted molar refractivity (Wildman–Crippen MR) is 48.6 cm³/mol. The molecule has 0 saturated carbocycles. The van der Waals surface area contributed by atoms with Crippen molar-refractivity contribution in [3.8, 4) is 0 Å². The first-order valence-electron chi connectivity index (χ1n) is 4.30. The highest BCUT2D eigenvalue weighted by molar-refractivity contribution is 5.73. The van der Waals surface area contributed by atoms with Crippen molar-refractivity contribution in [3.63, 3.8) is 0 Å². The van der Waals surface area contributed by atoms with Crippen LogP contribution < -0.4 is 0 Å². The van der Waals surface area contributed by atoms with E-state index in [2.05, 4.69) is 6.58 Å². The molecule has 0 aromatic heterocycles. The molecule has 1 aliphatic rings. The number of nitrogens with zero attached hydrogens (tertiary/aromatic N) is 1. The molecular formula is C9H15NO3. The summed E-state index contributed by atoms with van der Waals surface area (Å²) in [6, 6.07) is -0.509. The largest absolute Gasteiger partial charge is 0.480 e. The number of rotatable bonds is 3. The fourth-order valence-corrected chi connectivity index (χ4v) is 1.40. The topological polar surface area (TPSA) is 49.8 Å². The summed E-state index contributed by atoms with van der Waals surface area (Å²) >= 11 is 0. The summed E-state index contributed by atoms with van der Waals surface area (Å²) in [4.78, 5) is 12.7. The first kappa shape index (κ1) is 10.2. The molecule has 1 aliphatic heterocycles. The standard InChI is InChI=1S/C9H15NO3/c1-7(2)5-10-3-4-13-6-8(10)9(11)12/h8H,1,3-6H2,2H3,(H,11,12). The van der Waals surface area contributed by atoms with Gasteiger partial charge in [-0.25, -0.2) is 0 Å². The molecule has 0 aromatic rings. The van der Waals surface area contributed by atoms with E-state index in [-0.39, 0.29) is 6.61 Å². The van der Waals surface area contributed by atoms with Gasteiger partial charge < -0.3 is 9.84 Å². The lowest BCUT2D eigenvalue weighted by molar-refractivity contribution is -0.149. The van der Waals surface area contributed by atoms with Crippen LogP contribution in [0.2, 0.25) is 0 Å². The molecule has 4 heteroatoms. The third-order valence-electron chi connectivity index (χ3n) is 2.00. The van der Waals surface area contributed by atoms with E-state index in [4.69, 9.17) is 9.84 Å². The van der Waals surface area contributed by atoms with E-state index >= 15 is 0 Å². The van der Waals surface area contributed by atoms with Crippen molar-refractivity contribution >= 4 is 5.97 Å². The lowest BCUT2D eigenvalue weighted by Gasteiger charge is -2.32. The Morgan fingerprint density at radius 1 is 1.77 bits per heavy atom. The Morgan fingerprint density at radius 2 is 2.46 bits per heavy atom. The number of morpholine rings is 1. The van der Waals surface area contributed by atoms with E-state index in [1.165, 1.54) is 0 Å². The van der Waals surface area contributed by atoms with E-state index in [1.54, 1.807) is 0 Å². The minimum Gasteiger partial charge on any atom is -0.480 e. The van der Waals surface area contributed by atoms with Crippen LogP contribution in [0.25, 0.3) is 0 Å². The van der Waals surface area contributed by atoms with Crippen LogP contribution in [0, 0.1) is 0 Å². The molecule has 0 aliphatic carbocycles. The van der Waals surface area contributed by atoms with Crippen molar-refractivity contribution in [1.29, 1.82) is 0 Å². The molecule has 13 heavy (non-hydrogen) atoms. The van der Waals surface area contributed by atoms with Crippen LogP contribution in [0.15, 0.2) is 12.2 Å². The van der Waals surface area contributed by atoms with E-state index in [0.29, 0.717) is 19.7 Å². The summed E-state index contributed by atoms with van der Waals surface area (Å²) < 4.78 is 5.10. The first-order chi connectivity index (χ1) is 6.11. The summed E-state index contributed by atoms with van der Waals surface area (Å²) in [5.41, 5.74) is 0.980. The second-order valence-corrected chi connectivity index (χ2v) is 3.36. The smallest absolute Gasteiger partial charge is 0.323 e. The van der Waals surface area contributed by atoms with Gasteiger partial charge in [0.2, 0.25) is 0 Å². The van der Waals surface area contributed by atoms with Gasteiger partial charge in [-0.3, -0.25) is 9.69 Å². The molecule has 1 N–H and O–H groups in total. The quantitative estimate of drug-likeness (QED) is 0.644. The van der Waals surface area contributed by atoms with Crippen molar-refractivity contribution < 1.29 is 14.6 Å². The second-order valence-electron chi connectivity index (χ2n) is 3.36. The number of carboxylic acids is 1. The fourth-order valence-electron chi connectivity index (χ4n) is 1.40. The first-order valence-corrected chi connectivity index (χ1v) is 4.30. The highest BCUT2D eigenvalue weighted by Gasteiger charge is 2.28. The Morgan fingerprint density at radius 3 is 3.00 bits per heavy atom. The van der Waals surface area contributed by atoms with Crippen molar-refractivity contribution in [2.45, 2.75) is 13.0 Å². The Kier molecular flexibility index (Phi) is 3.45. The van der Waals surface area contributed by atoms with Gasteiger partial charge in [-0.2, -0.15) is 0 Å². The molecule has 0 bridgehead atoms. The Labute approximate surface area is 77.8 Å². The van der Waals surface area contributed by atoms with E-state index < -0.39 is 12.0 Å². The second kappa shape index (κ2) is 4.39. The molecule has 0 spiro atoms. The molecular weight excluding hydrogens is 170 g/mol. The summed E-state index contributed by atoms with van der Waals surface area (Å²) in [6.07, 6.45) is 0. The SMILES string of the molecule is C=C(C)CN1CCOCC1C(=O)O. The maximum atomic E-state index is 10.8. The van der Waals surface area contributed by atoms with Gasteiger partial charge in [0.15, 0.2) is 0 Å². The van der Waals surface area contributed by atoms with E-state index in [9.17, 15) is 4.79 Å². The van der Waals surface area contributed by atoms with Gasteiger partial charge in [-0.05, 0) is 6.92 Å². The number of hydrogen-bond donors (Lipinski definition) is 1. The average Bonchev–Trinajstić information content (AvgIpc) is 2.03. The Bertz CT molecular complexity index is 215. The van der Waals surface area contributed by atoms with E-state index in [0.717, 1.165) is 5.57 Å². The van der Waals surface area contributed by atoms with Crippen molar-refractivity contribution in [3.05, 3.63) is 12.2 Å². The summed E-state index contributed by atoms with van der Waals surface area (Å²) in [5, 5.41) is 8.87. The third kappa shape index (κ3) is 2.82. The van der Waals surface area contributed by atoms with Crippen molar-refractivity contribution in [1.82, 2.24) is 4.90 Å². The predicted octanol–water partition coefficient (Wildman–Crippen LogP) is 0.348. The normalized spacial score (nSPS) is 24.2. The lowest BCUT2D eigenvalue weighted by atomic mass is 10.2. The van der Waals surface area contributed by atoms with Crippen LogP contribution in [-0.4, -0.2) is 48.3 Å². The van der Waals surface area contributed by atoms with Gasteiger partial charge in [0.1, 0.15) is 6.04 Å². The zero-order valence-corrected chi connectivity index (χ0v) is 7.82. The highest BCUT2D eigenvalue weighted by atomic mass is 16.5. The van der Waals surface area contributed by atoms with Gasteiger partial charge in [0, 0.05) is 13.1 Å². The van der Waals surface area contributed by atoms with Gasteiger partial charge in [0.25, 0.3) is 0 Å². The van der Waals surface area contributed by atoms with Crippen LogP contribution >= 0.6 is 0 Å². The molecule has 1 unspecified atom stereocenters. The number of carboxylic acid groups (broad SMARTS) is 1. The monoisotopic (exact) mass is 185 g/mol. The fraction of sp³-hybridized carbons (Fsp3) is 0.667. The van der Waals surface area contributed by atoms with Crippen LogP contribution in [0.4, 0.5) is 0 Å². The lowest BCUT2D eigenvalue weighted by Crippen LogP contribution is -2.50. The average molecular weight is 185 g/mol. The molecule has 1 rings (SSSR count). The number of hydrogen-bond acceptors (Lipinski definition) is 3. The van der Waals surface area contributed by atoms with E-state index in [1.807, 2.05) is 11.8 Å². The van der Waals surface area contributed by atoms with Gasteiger partial charge in [0.05, 0.1) is 13.2 Å². The molecule has 0 aromatic carbocycles. The number of aliphatic carboxylic acids is 1. The van der Waals surface area contributed by atoms with Gasteiger partial charge in [-0.1, -0.05) is 12.2 Å². The number of ether oxygens (including phenoxy) is 1. The van der Waals surface area contributed by atoms with Crippen LogP contribution in [0.5, 0.6) is 0 Å². The van der Waals surface area contributed by atoms with Crippen molar-refractivity contribution in [2.75, 3.05) is 26.3 Å². The molecule has 0 amide bonds. The summed E-state index contributed by atoms with van der Waals surface area (Å²) in [6.45, 7) is 7.86. The van der Waals surface area contributed by atoms with Gasteiger partial charge in [-0.15, -0.1) is 0 Å². The minimum absolute atomic E-state index is 0.280. The Balaban J connectivity index is 2.56. The zero-order valence-electron chi connectivity index (χ0n) is 7.82. The Hall–Kier alpha value is -0.870. The van der Waals surface area contributed by atoms with Crippen LogP contribution in [0.3, 0.4) is 0 Å². The molecule has 4 nitrogen and oxygen atoms in total. The molecule has 1 heterocycles. The maximum absolute atomic E-state index is 10.8. The zero-order chi connectivity index (χ0) is 9.84. The maximum Gasteiger partial charge on any atom is 0.323 e. The molecule has 1 fully saturated rings. The highest BCUT2D eigenvalue weighted by Crippen LogP contribution is 2.08. The molecule has 74 valence electrons. The summed E-state index contributed by atoms with van der Waals surface area (Å²) in [7, 11) is 0. The third-order valence-corrected chi connectivity index (χ3v) is 2.00. The minimum atomic E-state index is -0.819. The van der Waals surface area contributed by atoms with Crippen LogP contribution in [-0.2, 0) is 9.53 Å². The molecule has 0 radical (unpaired) electrons. The summed E-state index contributed by atoms with van der Waals surface area (Å²) in [5.74, 6) is -0.819. The van der Waals surface area contributed by atoms with Crippen LogP contribution in [0.1, 0.15) is 6.92 Å². The molecule has 1 atom stereocenters. The van der Waals surface area contributed by atoms with Gasteiger partial charge >= 0.3 is 5.97 Å². The number of carbonyl (C=O) groups is 1. The van der Waals surface area contributed by atoms with Crippen molar-refractivity contribution in [2.24, 2.45) is 0 Å². The molecule has 1 saturated heterocycles.